The summed E-state index contributed by atoms with van der Waals surface area (Å²) in [7, 11) is 3.14. The number of amides is 2. The van der Waals surface area contributed by atoms with Crippen LogP contribution in [0.25, 0.3) is 0 Å². The summed E-state index contributed by atoms with van der Waals surface area (Å²) in [6.45, 7) is 0.237. The zero-order valence-corrected chi connectivity index (χ0v) is 20.9. The van der Waals surface area contributed by atoms with Crippen molar-refractivity contribution in [3.63, 3.8) is 0 Å². The number of hydrogen-bond donors (Lipinski definition) is 1. The Balaban J connectivity index is 1.77. The third-order valence-corrected chi connectivity index (χ3v) is 7.17. The number of nitrogens with zero attached hydrogens (tertiary/aromatic N) is 2. The lowest BCUT2D eigenvalue weighted by molar-refractivity contribution is -0.141. The van der Waals surface area contributed by atoms with E-state index < -0.39 is 6.04 Å². The van der Waals surface area contributed by atoms with E-state index in [1.54, 1.807) is 49.7 Å². The van der Waals surface area contributed by atoms with Crippen LogP contribution in [0.5, 0.6) is 11.5 Å². The molecular formula is C27H31N3O4S. The molecule has 35 heavy (non-hydrogen) atoms. The van der Waals surface area contributed by atoms with Gasteiger partial charge in [-0.05, 0) is 54.1 Å². The van der Waals surface area contributed by atoms with E-state index >= 15 is 0 Å². The molecule has 7 nitrogen and oxygen atoms in total. The Morgan fingerprint density at radius 3 is 2.63 bits per heavy atom. The monoisotopic (exact) mass is 493 g/mol. The van der Waals surface area contributed by atoms with Crippen LogP contribution in [-0.2, 0) is 22.6 Å². The molecule has 0 bridgehead atoms. The number of carbonyl (C=O) groups is 2. The lowest BCUT2D eigenvalue weighted by Crippen LogP contribution is -2.46. The Morgan fingerprint density at radius 1 is 1.14 bits per heavy atom. The van der Waals surface area contributed by atoms with Crippen LogP contribution in [0, 0.1) is 0 Å². The first-order valence-corrected chi connectivity index (χ1v) is 12.7. The minimum Gasteiger partial charge on any atom is -0.497 e. The fourth-order valence-corrected chi connectivity index (χ4v) is 5.23. The van der Waals surface area contributed by atoms with Gasteiger partial charge < -0.3 is 19.7 Å². The fourth-order valence-electron chi connectivity index (χ4n) is 4.53. The number of thiophene rings is 1. The van der Waals surface area contributed by atoms with Crippen molar-refractivity contribution in [1.29, 1.82) is 0 Å². The Kier molecular flexibility index (Phi) is 8.36. The molecular weight excluding hydrogens is 462 g/mol. The molecule has 1 aliphatic carbocycles. The lowest BCUT2D eigenvalue weighted by Gasteiger charge is -2.33. The van der Waals surface area contributed by atoms with Gasteiger partial charge in [0, 0.05) is 35.4 Å². The average molecular weight is 494 g/mol. The minimum atomic E-state index is -0.895. The SMILES string of the molecule is COc1ccc(OC)c([C@@H](C(=O)NC2CCCC2)N(Cc2cccnc2)C(=O)Cc2cccs2)c1. The number of aromatic nitrogens is 1. The van der Waals surface area contributed by atoms with Gasteiger partial charge in [-0.25, -0.2) is 0 Å². The van der Waals surface area contributed by atoms with Gasteiger partial charge in [-0.1, -0.05) is 25.0 Å². The molecule has 0 spiro atoms. The molecule has 1 atom stereocenters. The van der Waals surface area contributed by atoms with Crippen molar-refractivity contribution >= 4 is 23.2 Å². The van der Waals surface area contributed by atoms with Crippen LogP contribution < -0.4 is 14.8 Å². The standard InChI is InChI=1S/C27H31N3O4S/c1-33-21-11-12-24(34-2)23(15-21)26(27(32)29-20-8-3-4-9-20)30(18-19-7-5-13-28-17-19)25(31)16-22-10-6-14-35-22/h5-7,10-15,17,20,26H,3-4,8-9,16,18H2,1-2H3,(H,29,32)/t26-/m0/s1. The number of hydrogen-bond acceptors (Lipinski definition) is 6. The molecule has 2 aromatic heterocycles. The van der Waals surface area contributed by atoms with Gasteiger partial charge in [0.15, 0.2) is 0 Å². The van der Waals surface area contributed by atoms with Gasteiger partial charge in [0.2, 0.25) is 11.8 Å². The summed E-state index contributed by atoms with van der Waals surface area (Å²) in [5.74, 6) is 0.753. The van der Waals surface area contributed by atoms with E-state index in [2.05, 4.69) is 10.3 Å². The number of nitrogens with one attached hydrogen (secondary N) is 1. The van der Waals surface area contributed by atoms with Crippen LogP contribution in [0.3, 0.4) is 0 Å². The molecule has 0 saturated heterocycles. The first kappa shape index (κ1) is 24.7. The van der Waals surface area contributed by atoms with Crippen LogP contribution in [0.4, 0.5) is 0 Å². The minimum absolute atomic E-state index is 0.106. The van der Waals surface area contributed by atoms with Gasteiger partial charge >= 0.3 is 0 Å². The van der Waals surface area contributed by atoms with E-state index in [1.165, 1.54) is 11.3 Å². The Hall–Kier alpha value is -3.39. The molecule has 1 saturated carbocycles. The number of carbonyl (C=O) groups excluding carboxylic acids is 2. The molecule has 1 fully saturated rings. The number of ether oxygens (including phenoxy) is 2. The highest BCUT2D eigenvalue weighted by atomic mass is 32.1. The topological polar surface area (TPSA) is 80.8 Å². The van der Waals surface area contributed by atoms with Crippen LogP contribution >= 0.6 is 11.3 Å². The molecule has 184 valence electrons. The van der Waals surface area contributed by atoms with Crippen molar-refractivity contribution < 1.29 is 19.1 Å². The van der Waals surface area contributed by atoms with Gasteiger partial charge in [0.25, 0.3) is 0 Å². The van der Waals surface area contributed by atoms with Crippen molar-refractivity contribution in [3.8, 4) is 11.5 Å². The maximum atomic E-state index is 13.9. The second kappa shape index (κ2) is 11.8. The summed E-state index contributed by atoms with van der Waals surface area (Å²) >= 11 is 1.53. The van der Waals surface area contributed by atoms with Crippen molar-refractivity contribution in [2.75, 3.05) is 14.2 Å². The third-order valence-electron chi connectivity index (χ3n) is 6.29. The quantitative estimate of drug-likeness (QED) is 0.449. The number of benzene rings is 1. The van der Waals surface area contributed by atoms with Crippen LogP contribution in [-0.4, -0.2) is 42.0 Å². The van der Waals surface area contributed by atoms with E-state index in [1.807, 2.05) is 29.6 Å². The molecule has 1 aliphatic rings. The predicted octanol–water partition coefficient (Wildman–Crippen LogP) is 4.53. The molecule has 1 aromatic carbocycles. The van der Waals surface area contributed by atoms with Gasteiger partial charge in [0.05, 0.1) is 20.6 Å². The van der Waals surface area contributed by atoms with E-state index in [4.69, 9.17) is 9.47 Å². The first-order chi connectivity index (χ1) is 17.1. The average Bonchev–Trinajstić information content (AvgIpc) is 3.58. The maximum Gasteiger partial charge on any atom is 0.247 e. The van der Waals surface area contributed by atoms with E-state index in [-0.39, 0.29) is 30.8 Å². The van der Waals surface area contributed by atoms with Gasteiger partial charge in [-0.3, -0.25) is 14.6 Å². The molecule has 0 unspecified atom stereocenters. The highest BCUT2D eigenvalue weighted by molar-refractivity contribution is 7.10. The van der Waals surface area contributed by atoms with E-state index in [9.17, 15) is 9.59 Å². The number of methoxy groups -OCH3 is 2. The molecule has 1 N–H and O–H groups in total. The van der Waals surface area contributed by atoms with Crippen molar-refractivity contribution in [2.45, 2.75) is 50.7 Å². The molecule has 8 heteroatoms. The highest BCUT2D eigenvalue weighted by Gasteiger charge is 2.35. The molecule has 2 heterocycles. The summed E-state index contributed by atoms with van der Waals surface area (Å²) in [4.78, 5) is 34.5. The molecule has 0 aliphatic heterocycles. The Morgan fingerprint density at radius 2 is 1.97 bits per heavy atom. The summed E-state index contributed by atoms with van der Waals surface area (Å²) in [5, 5.41) is 5.15. The highest BCUT2D eigenvalue weighted by Crippen LogP contribution is 2.35. The smallest absolute Gasteiger partial charge is 0.247 e. The summed E-state index contributed by atoms with van der Waals surface area (Å²) in [6, 6.07) is 12.2. The fraction of sp³-hybridized carbons (Fsp3) is 0.370. The molecule has 2 amide bonds. The molecule has 3 aromatic rings. The number of rotatable bonds is 10. The third kappa shape index (κ3) is 6.19. The lowest BCUT2D eigenvalue weighted by atomic mass is 10.00. The Labute approximate surface area is 210 Å². The summed E-state index contributed by atoms with van der Waals surface area (Å²) in [6.07, 6.45) is 7.69. The van der Waals surface area contributed by atoms with Gasteiger partial charge in [-0.2, -0.15) is 0 Å². The second-order valence-corrected chi connectivity index (χ2v) is 9.67. The summed E-state index contributed by atoms with van der Waals surface area (Å²) < 4.78 is 11.1. The maximum absolute atomic E-state index is 13.9. The van der Waals surface area contributed by atoms with Gasteiger partial charge in [0.1, 0.15) is 17.5 Å². The normalized spacial score (nSPS) is 14.3. The van der Waals surface area contributed by atoms with Crippen LogP contribution in [0.15, 0.2) is 60.2 Å². The predicted molar refractivity (Wildman–Crippen MR) is 135 cm³/mol. The number of pyridine rings is 1. The van der Waals surface area contributed by atoms with Crippen LogP contribution in [0.1, 0.15) is 47.7 Å². The van der Waals surface area contributed by atoms with Crippen LogP contribution in [0.2, 0.25) is 0 Å². The van der Waals surface area contributed by atoms with Crippen molar-refractivity contribution in [1.82, 2.24) is 15.2 Å². The molecule has 4 rings (SSSR count). The molecule has 0 radical (unpaired) electrons. The van der Waals surface area contributed by atoms with Gasteiger partial charge in [-0.15, -0.1) is 11.3 Å². The largest absolute Gasteiger partial charge is 0.497 e. The Bertz CT molecular complexity index is 1110. The van der Waals surface area contributed by atoms with Crippen molar-refractivity contribution in [2.24, 2.45) is 0 Å². The van der Waals surface area contributed by atoms with E-state index in [0.29, 0.717) is 17.1 Å². The zero-order chi connectivity index (χ0) is 24.6. The second-order valence-electron chi connectivity index (χ2n) is 8.64. The zero-order valence-electron chi connectivity index (χ0n) is 20.1. The van der Waals surface area contributed by atoms with Crippen molar-refractivity contribution in [3.05, 3.63) is 76.2 Å². The van der Waals surface area contributed by atoms with E-state index in [0.717, 1.165) is 36.1 Å². The first-order valence-electron chi connectivity index (χ1n) is 11.8. The summed E-state index contributed by atoms with van der Waals surface area (Å²) in [5.41, 5.74) is 1.43.